The first-order chi connectivity index (χ1) is 54.2. The molecule has 2 amide bonds. The quantitative estimate of drug-likeness (QED) is 0.153. The molecule has 18 nitrogen and oxygen atoms in total. The van der Waals surface area contributed by atoms with Gasteiger partial charge >= 0.3 is 11.4 Å². The number of rotatable bonds is 17. The van der Waals surface area contributed by atoms with E-state index in [-0.39, 0.29) is 9.36 Å². The van der Waals surface area contributed by atoms with Crippen LogP contribution in [-0.4, -0.2) is 132 Å². The van der Waals surface area contributed by atoms with Crippen LogP contribution in [0.2, 0.25) is 0 Å². The molecule has 2 aliphatic heterocycles. The van der Waals surface area contributed by atoms with E-state index in [0.717, 1.165) is 0 Å². The highest BCUT2D eigenvalue weighted by atomic mass is 79.9. The van der Waals surface area contributed by atoms with Crippen LogP contribution in [0, 0.1) is 0 Å². The molecule has 2 fully saturated rings. The largest absolute Gasteiger partial charge is 0.382 e. The molecule has 0 saturated carbocycles. The smallest absolute Gasteiger partial charge is 0.363 e. The molecule has 2 aromatic carbocycles. The Kier molecular flexibility index (Phi) is 4.62. The Bertz CT molecular complexity index is 4740. The fourth-order valence-corrected chi connectivity index (χ4v) is 4.00. The van der Waals surface area contributed by atoms with Gasteiger partial charge in [0, 0.05) is 125 Å². The molecule has 2 aliphatic rings. The number of anilines is 2. The number of aromatic nitrogens is 8. The summed E-state index contributed by atoms with van der Waals surface area (Å²) in [4.78, 5) is 50.1. The number of alkyl halides is 1. The molecule has 0 bridgehead atoms. The van der Waals surface area contributed by atoms with E-state index in [9.17, 15) is 24.7 Å². The Morgan fingerprint density at radius 2 is 1.18 bits per heavy atom. The lowest BCUT2D eigenvalue weighted by Gasteiger charge is -2.48. The number of likely N-dealkylation sites (tertiary alicyclic amines) is 1. The van der Waals surface area contributed by atoms with Gasteiger partial charge in [0.1, 0.15) is 0 Å². The van der Waals surface area contributed by atoms with Gasteiger partial charge in [-0.25, -0.2) is 9.59 Å². The highest BCUT2D eigenvalue weighted by Gasteiger charge is 2.43. The lowest BCUT2D eigenvalue weighted by atomic mass is 9.85. The summed E-state index contributed by atoms with van der Waals surface area (Å²) >= 11 is 2.39. The van der Waals surface area contributed by atoms with E-state index in [1.54, 1.807) is 0 Å². The highest BCUT2D eigenvalue weighted by molar-refractivity contribution is 9.09. The highest BCUT2D eigenvalue weighted by Crippen LogP contribution is 2.35. The molecule has 4 heterocycles. The van der Waals surface area contributed by atoms with Crippen LogP contribution in [0.1, 0.15) is 153 Å². The molecule has 1 N–H and O–H groups in total. The van der Waals surface area contributed by atoms with Crippen LogP contribution in [0.3, 0.4) is 0 Å². The maximum atomic E-state index is 14.6. The number of benzene rings is 2. The number of hydrogen-bond acceptors (Lipinski definition) is 12. The number of para-hydroxylation sites is 2. The van der Waals surface area contributed by atoms with Gasteiger partial charge in [0.25, 0.3) is 0 Å². The number of tetrazole rings is 2. The molecule has 19 heteroatoms. The maximum Gasteiger partial charge on any atom is 0.363 e. The number of amides is 2. The number of carbonyl (C=O) groups is 2. The molecule has 2 aromatic heterocycles. The Balaban J connectivity index is 0.000000446. The van der Waals surface area contributed by atoms with E-state index in [0.29, 0.717) is 0 Å². The van der Waals surface area contributed by atoms with Gasteiger partial charge in [0.05, 0.1) is 75.6 Å². The fraction of sp³-hybridized carbons (Fsp3) is 0.619. The number of ether oxygens (including phenoxy) is 2. The van der Waals surface area contributed by atoms with Gasteiger partial charge in [-0.1, -0.05) is 65.9 Å². The van der Waals surface area contributed by atoms with E-state index < -0.39 is 287 Å². The first-order valence-electron chi connectivity index (χ1n) is 46.8. The van der Waals surface area contributed by atoms with E-state index in [1.165, 1.54) is 5.32 Å². The molecule has 0 spiro atoms. The second-order valence-corrected chi connectivity index (χ2v) is 9.96. The first kappa shape index (κ1) is 11.4. The predicted octanol–water partition coefficient (Wildman–Crippen LogP) is 3.44. The van der Waals surface area contributed by atoms with Crippen molar-refractivity contribution in [3.05, 3.63) is 81.4 Å². The summed E-state index contributed by atoms with van der Waals surface area (Å²) in [5.41, 5.74) is -18.3. The summed E-state index contributed by atoms with van der Waals surface area (Å²) in [6.07, 6.45) is -29.1. The molecule has 6 rings (SSSR count). The number of nitrogens with one attached hydrogen (secondary N) is 1. The first-order valence-corrected chi connectivity index (χ1v) is 15.6. The van der Waals surface area contributed by atoms with Gasteiger partial charge in [0.2, 0.25) is 11.8 Å². The van der Waals surface area contributed by atoms with Crippen LogP contribution in [0.25, 0.3) is 0 Å². The fourth-order valence-electron chi connectivity index (χ4n) is 3.84. The Labute approximate surface area is 457 Å². The topological polar surface area (TPSA) is 180 Å². The van der Waals surface area contributed by atoms with Crippen molar-refractivity contribution in [2.75, 3.05) is 74.8 Å². The van der Waals surface area contributed by atoms with Crippen LogP contribution in [0.4, 0.5) is 11.4 Å². The van der Waals surface area contributed by atoms with Gasteiger partial charge in [0.15, 0.2) is 0 Å². The second-order valence-electron chi connectivity index (χ2n) is 9.57. The summed E-state index contributed by atoms with van der Waals surface area (Å²) < 4.78 is 524. The molecular weight excluding hydrogens is 848 g/mol. The molecule has 61 heavy (non-hydrogen) atoms. The van der Waals surface area contributed by atoms with Crippen molar-refractivity contribution in [3.63, 3.8) is 0 Å². The third-order valence-corrected chi connectivity index (χ3v) is 6.39. The Hall–Kier alpha value is -4.56. The van der Waals surface area contributed by atoms with E-state index >= 15 is 0 Å². The summed E-state index contributed by atoms with van der Waals surface area (Å²) in [5, 5.41) is 10.3. The number of piperidine rings is 2. The van der Waals surface area contributed by atoms with Crippen molar-refractivity contribution in [2.24, 2.45) is 0 Å². The number of halogens is 1. The van der Waals surface area contributed by atoms with Crippen LogP contribution >= 0.6 is 15.9 Å². The maximum absolute atomic E-state index is 14.6. The minimum atomic E-state index is -5.52. The number of methoxy groups -OCH3 is 2. The van der Waals surface area contributed by atoms with Crippen molar-refractivity contribution >= 4 is 39.1 Å². The molecule has 0 aliphatic carbocycles. The van der Waals surface area contributed by atoms with E-state index in [4.69, 9.17) is 82.2 Å². The van der Waals surface area contributed by atoms with Crippen molar-refractivity contribution < 1.29 is 107 Å². The van der Waals surface area contributed by atoms with Crippen LogP contribution in [0.5, 0.6) is 0 Å². The SMILES string of the molecule is [2H]C([2H])([2H])C([2H])([2H])n1nnn(C([2H])([2H])C([2H])([2H])Br)c1=O.[2H]c1c([2H])c([2H])c(N(C(=O)C([2H])([2H])C([2H])([2H])[2H])C2(C([2H])([2H])OC([2H])([2H])[2H])C([2H])([2H])C([2H])([2H])N(C([2H])([2H])C([2H])([2H])n3nnn(C([2H])([2H])C([2H])([2H])[2H])c3=O)C([2H])([2H])C2([2H])[2H])c([2H])c1[2H].[2H]c1c([2H])c([2H])c(N(C(=O)C([2H])([2H])C([2H])([2H])[2H])C2(C([2H])([2H])OC([2H])([2H])[2H])C([2H])([2H])C([2H])([2H])NC([2H])([2H])C2([2H])[2H])c([2H])c1[2H]. The standard InChI is InChI=1S/C21H32N6O3.C16H24N2O2.C5H9BrN4O/c1-4-19(28)27(18-9-7-6-8-10-18)21(17-30-3)11-13-24(14-12-21)15-16-26-20(29)25(5-2)22-23-26;1-3-15(19)18(14-7-5-4-6-8-14)16(13-20-2)9-11-17-12-10-16;1-2-9-5(11)10(4-3-6)8-7-9/h6-10H,4-5,11-17H2,1-3H3;4-8,17H,3,9-13H2,1-2H3;2-4H2,1H3/i1D3,2D3,3D3,4D2,5D2,6D,7D,8D,9D,10D,11D2,12D2,13D2,14D2,15D2,16D2,17D2;1D3,2D3,3D2,4D,5D,6D,7D,8D,9D2,10D2,11D2,12D2,13D2;1D3,2D2,3D2,4D2. The minimum Gasteiger partial charge on any atom is -0.382 e. The van der Waals surface area contributed by atoms with Gasteiger partial charge in [-0.15, -0.1) is 0 Å². The zero-order valence-electron chi connectivity index (χ0n) is 93.2. The average Bonchev–Trinajstić information content (AvgIpc) is 0.792. The number of nitrogens with zero attached hydrogens (tertiary/aromatic N) is 11. The normalized spacial score (nSPS) is 41.4. The number of hydrogen-bond donors (Lipinski definition) is 1. The van der Waals surface area contributed by atoms with E-state index in [1.807, 2.05) is 0 Å². The second kappa shape index (κ2) is 24.8. The van der Waals surface area contributed by atoms with Gasteiger partial charge in [-0.2, -0.15) is 18.7 Å². The zero-order chi connectivity index (χ0) is 100. The monoisotopic (exact) mass is 977 g/mol. The van der Waals surface area contributed by atoms with E-state index in [2.05, 4.69) is 46.3 Å². The Morgan fingerprint density at radius 3 is 1.62 bits per heavy atom. The lowest BCUT2D eigenvalue weighted by molar-refractivity contribution is -0.121. The molecule has 0 radical (unpaired) electrons. The molecule has 336 valence electrons. The predicted molar refractivity (Wildman–Crippen MR) is 239 cm³/mol. The molecular formula is C42H65BrN12O6. The van der Waals surface area contributed by atoms with Crippen molar-refractivity contribution in [2.45, 2.75) is 103 Å². The molecule has 4 aromatic rings. The van der Waals surface area contributed by atoms with Gasteiger partial charge in [-0.3, -0.25) is 9.59 Å². The van der Waals surface area contributed by atoms with Crippen molar-refractivity contribution in [1.29, 1.82) is 0 Å². The van der Waals surface area contributed by atoms with Gasteiger partial charge in [-0.05, 0) is 97.2 Å². The summed E-state index contributed by atoms with van der Waals surface area (Å²) in [7, 11) is -8.43. The van der Waals surface area contributed by atoms with Crippen molar-refractivity contribution in [3.8, 4) is 0 Å². The lowest BCUT2D eigenvalue weighted by Crippen LogP contribution is -2.60. The summed E-state index contributed by atoms with van der Waals surface area (Å²) in [6, 6.07) is -15.8. The van der Waals surface area contributed by atoms with Crippen LogP contribution < -0.4 is 26.5 Å². The molecule has 2 saturated heterocycles. The average molecular weight is 978 g/mol. The van der Waals surface area contributed by atoms with Gasteiger partial charge < -0.3 is 29.5 Å². The summed E-state index contributed by atoms with van der Waals surface area (Å²) in [5.74, 6) is -5.89. The number of carbonyl (C=O) groups excluding carboxylic acids is 2. The van der Waals surface area contributed by atoms with Crippen LogP contribution in [-0.2, 0) is 45.1 Å². The minimum absolute atomic E-state index is 0.0642. The third-order valence-electron chi connectivity index (χ3n) is 6.21. The summed E-state index contributed by atoms with van der Waals surface area (Å²) in [6.45, 7) is -63.9. The molecule has 0 atom stereocenters. The number of aryl methyl sites for hydroxylation is 4. The third kappa shape index (κ3) is 12.7. The zero-order valence-corrected chi connectivity index (χ0v) is 30.8. The Morgan fingerprint density at radius 1 is 0.721 bits per heavy atom. The van der Waals surface area contributed by atoms with Crippen molar-refractivity contribution in [1.82, 2.24) is 49.8 Å². The molecule has 0 unspecified atom stereocenters. The van der Waals surface area contributed by atoms with Crippen LogP contribution in [0.15, 0.2) is 70.0 Å².